The zero-order valence-electron chi connectivity index (χ0n) is 10.5. The summed E-state index contributed by atoms with van der Waals surface area (Å²) in [5, 5.41) is 20.5. The van der Waals surface area contributed by atoms with Crippen LogP contribution in [-0.2, 0) is 16.0 Å². The Balaban J connectivity index is 1.75. The van der Waals surface area contributed by atoms with Crippen LogP contribution in [0.4, 0.5) is 0 Å². The number of likely N-dealkylation sites (tertiary alicyclic amines) is 1. The third-order valence-electron chi connectivity index (χ3n) is 3.36. The molecule has 0 radical (unpaired) electrons. The summed E-state index contributed by atoms with van der Waals surface area (Å²) in [6.07, 6.45) is 2.96. The number of nitrogens with zero attached hydrogens (tertiary/aromatic N) is 3. The molecule has 1 unspecified atom stereocenters. The normalized spacial score (nSPS) is 22.6. The van der Waals surface area contributed by atoms with Crippen LogP contribution in [0.1, 0.15) is 12.1 Å². The molecule has 1 aliphatic heterocycles. The van der Waals surface area contributed by atoms with E-state index in [1.54, 1.807) is 6.20 Å². The zero-order chi connectivity index (χ0) is 14.3. The molecule has 1 aliphatic rings. The number of aliphatic carboxylic acids is 1. The number of aliphatic hydroxyl groups excluding tert-OH is 1. The van der Waals surface area contributed by atoms with Crippen LogP contribution in [0.15, 0.2) is 17.8 Å². The Labute approximate surface area is 118 Å². The van der Waals surface area contributed by atoms with Crippen LogP contribution >= 0.6 is 11.3 Å². The largest absolute Gasteiger partial charge is 0.480 e. The van der Waals surface area contributed by atoms with Crippen molar-refractivity contribution >= 4 is 28.2 Å². The molecule has 0 saturated carbocycles. The molecule has 1 saturated heterocycles. The molecule has 2 aromatic rings. The summed E-state index contributed by atoms with van der Waals surface area (Å²) >= 11 is 1.47. The highest BCUT2D eigenvalue weighted by Crippen LogP contribution is 2.20. The van der Waals surface area contributed by atoms with E-state index in [0.29, 0.717) is 5.69 Å². The standard InChI is InChI=1S/C12H13N3O4S/c16-8-4-9(11(18)19)15(6-8)10(17)3-7-5-14-1-2-20-12(14)13-7/h1-2,5,8-9,16H,3-4,6H2,(H,18,19)/t8?,9-/m0/s1. The van der Waals surface area contributed by atoms with Crippen molar-refractivity contribution in [1.29, 1.82) is 0 Å². The molecule has 7 nitrogen and oxygen atoms in total. The monoisotopic (exact) mass is 295 g/mol. The molecular formula is C12H13N3O4S. The number of fused-ring (bicyclic) bond motifs is 1. The van der Waals surface area contributed by atoms with Gasteiger partial charge < -0.3 is 15.1 Å². The first-order chi connectivity index (χ1) is 9.54. The van der Waals surface area contributed by atoms with Gasteiger partial charge in [0.25, 0.3) is 0 Å². The number of aliphatic hydroxyl groups is 1. The number of carboxylic acid groups (broad SMARTS) is 1. The number of imidazole rings is 1. The van der Waals surface area contributed by atoms with Crippen molar-refractivity contribution in [2.75, 3.05) is 6.54 Å². The van der Waals surface area contributed by atoms with Crippen LogP contribution in [0.3, 0.4) is 0 Å². The Hall–Kier alpha value is -1.93. The van der Waals surface area contributed by atoms with Gasteiger partial charge in [0, 0.05) is 30.7 Å². The number of carbonyl (C=O) groups is 2. The maximum Gasteiger partial charge on any atom is 0.326 e. The van der Waals surface area contributed by atoms with Crippen molar-refractivity contribution < 1.29 is 19.8 Å². The lowest BCUT2D eigenvalue weighted by molar-refractivity contribution is -0.148. The lowest BCUT2D eigenvalue weighted by atomic mass is 10.2. The van der Waals surface area contributed by atoms with Gasteiger partial charge in [0.05, 0.1) is 18.2 Å². The van der Waals surface area contributed by atoms with Gasteiger partial charge in [0.2, 0.25) is 5.91 Å². The minimum Gasteiger partial charge on any atom is -0.480 e. The second-order valence-corrected chi connectivity index (χ2v) is 5.66. The van der Waals surface area contributed by atoms with Gasteiger partial charge in [0.15, 0.2) is 4.96 Å². The molecule has 106 valence electrons. The minimum atomic E-state index is -1.08. The van der Waals surface area contributed by atoms with E-state index in [1.165, 1.54) is 16.2 Å². The van der Waals surface area contributed by atoms with Gasteiger partial charge >= 0.3 is 5.97 Å². The maximum absolute atomic E-state index is 12.2. The van der Waals surface area contributed by atoms with E-state index >= 15 is 0 Å². The summed E-state index contributed by atoms with van der Waals surface area (Å²) in [5.41, 5.74) is 0.604. The molecule has 20 heavy (non-hydrogen) atoms. The average Bonchev–Trinajstić information content (AvgIpc) is 3.02. The third kappa shape index (κ3) is 2.27. The predicted octanol–water partition coefficient (Wildman–Crippen LogP) is -0.0153. The van der Waals surface area contributed by atoms with E-state index in [2.05, 4.69) is 4.98 Å². The fourth-order valence-corrected chi connectivity index (χ4v) is 3.16. The Morgan fingerprint density at radius 3 is 3.00 bits per heavy atom. The highest BCUT2D eigenvalue weighted by molar-refractivity contribution is 7.15. The van der Waals surface area contributed by atoms with E-state index in [0.717, 1.165) is 4.96 Å². The SMILES string of the molecule is O=C(O)[C@@H]1CC(O)CN1C(=O)Cc1cn2ccsc2n1. The second kappa shape index (κ2) is 4.88. The van der Waals surface area contributed by atoms with Gasteiger partial charge in [-0.25, -0.2) is 9.78 Å². The topological polar surface area (TPSA) is 95.1 Å². The van der Waals surface area contributed by atoms with Gasteiger partial charge in [-0.2, -0.15) is 0 Å². The van der Waals surface area contributed by atoms with Crippen molar-refractivity contribution in [3.05, 3.63) is 23.5 Å². The number of rotatable bonds is 3. The summed E-state index contributed by atoms with van der Waals surface area (Å²) in [6.45, 7) is 0.0675. The predicted molar refractivity (Wildman–Crippen MR) is 70.5 cm³/mol. The van der Waals surface area contributed by atoms with Crippen LogP contribution < -0.4 is 0 Å². The van der Waals surface area contributed by atoms with Crippen molar-refractivity contribution in [1.82, 2.24) is 14.3 Å². The Kier molecular flexibility index (Phi) is 3.19. The van der Waals surface area contributed by atoms with Crippen molar-refractivity contribution in [2.24, 2.45) is 0 Å². The summed E-state index contributed by atoms with van der Waals surface area (Å²) < 4.78 is 1.82. The highest BCUT2D eigenvalue weighted by atomic mass is 32.1. The molecule has 3 heterocycles. The molecule has 8 heteroatoms. The Bertz CT molecular complexity index is 636. The molecule has 0 aliphatic carbocycles. The van der Waals surface area contributed by atoms with Crippen molar-refractivity contribution in [3.8, 4) is 0 Å². The van der Waals surface area contributed by atoms with Gasteiger partial charge in [-0.1, -0.05) is 0 Å². The van der Waals surface area contributed by atoms with E-state index < -0.39 is 18.1 Å². The molecule has 3 rings (SSSR count). The number of hydrogen-bond acceptors (Lipinski definition) is 5. The Morgan fingerprint density at radius 1 is 1.50 bits per heavy atom. The molecule has 1 fully saturated rings. The summed E-state index contributed by atoms with van der Waals surface area (Å²) in [5.74, 6) is -1.40. The first kappa shape index (κ1) is 13.1. The molecule has 2 aromatic heterocycles. The molecule has 0 spiro atoms. The highest BCUT2D eigenvalue weighted by Gasteiger charge is 2.38. The third-order valence-corrected chi connectivity index (χ3v) is 4.13. The quantitative estimate of drug-likeness (QED) is 0.830. The number of aromatic nitrogens is 2. The number of hydrogen-bond donors (Lipinski definition) is 2. The summed E-state index contributed by atoms with van der Waals surface area (Å²) in [4.78, 5) is 29.6. The molecule has 0 aromatic carbocycles. The number of carbonyl (C=O) groups excluding carboxylic acids is 1. The van der Waals surface area contributed by atoms with Gasteiger partial charge in [0.1, 0.15) is 6.04 Å². The van der Waals surface area contributed by atoms with Crippen molar-refractivity contribution in [3.63, 3.8) is 0 Å². The van der Waals surface area contributed by atoms with Crippen LogP contribution in [0.25, 0.3) is 4.96 Å². The molecular weight excluding hydrogens is 282 g/mol. The lowest BCUT2D eigenvalue weighted by Crippen LogP contribution is -2.41. The first-order valence-electron chi connectivity index (χ1n) is 6.16. The van der Waals surface area contributed by atoms with E-state index in [-0.39, 0.29) is 25.3 Å². The Morgan fingerprint density at radius 2 is 2.30 bits per heavy atom. The number of thiazole rings is 1. The van der Waals surface area contributed by atoms with E-state index in [1.807, 2.05) is 16.0 Å². The van der Waals surface area contributed by atoms with Crippen LogP contribution in [0, 0.1) is 0 Å². The lowest BCUT2D eigenvalue weighted by Gasteiger charge is -2.20. The van der Waals surface area contributed by atoms with E-state index in [9.17, 15) is 14.7 Å². The molecule has 2 atom stereocenters. The van der Waals surface area contributed by atoms with Gasteiger partial charge in [-0.3, -0.25) is 9.20 Å². The first-order valence-corrected chi connectivity index (χ1v) is 7.04. The summed E-state index contributed by atoms with van der Waals surface area (Å²) in [7, 11) is 0. The number of amides is 1. The summed E-state index contributed by atoms with van der Waals surface area (Å²) in [6, 6.07) is -0.943. The van der Waals surface area contributed by atoms with Crippen LogP contribution in [0.5, 0.6) is 0 Å². The van der Waals surface area contributed by atoms with Crippen LogP contribution in [0.2, 0.25) is 0 Å². The molecule has 1 amide bonds. The van der Waals surface area contributed by atoms with Gasteiger partial charge in [-0.15, -0.1) is 11.3 Å². The number of β-amino-alcohol motifs (C(OH)–C–C–N with tert-alkyl or cyclic N) is 1. The minimum absolute atomic E-state index is 0.0465. The van der Waals surface area contributed by atoms with Gasteiger partial charge in [-0.05, 0) is 0 Å². The second-order valence-electron chi connectivity index (χ2n) is 4.79. The van der Waals surface area contributed by atoms with Crippen LogP contribution in [-0.4, -0.2) is 55.1 Å². The number of carboxylic acids is 1. The van der Waals surface area contributed by atoms with Crippen molar-refractivity contribution in [2.45, 2.75) is 25.0 Å². The fraction of sp³-hybridized carbons (Fsp3) is 0.417. The smallest absolute Gasteiger partial charge is 0.326 e. The maximum atomic E-state index is 12.2. The zero-order valence-corrected chi connectivity index (χ0v) is 11.3. The fourth-order valence-electron chi connectivity index (χ4n) is 2.44. The average molecular weight is 295 g/mol. The molecule has 2 N–H and O–H groups in total. The van der Waals surface area contributed by atoms with E-state index in [4.69, 9.17) is 5.11 Å². The molecule has 0 bridgehead atoms.